The molecular formula is C14H21N3O3S. The summed E-state index contributed by atoms with van der Waals surface area (Å²) in [5.41, 5.74) is 0.558. The van der Waals surface area contributed by atoms with E-state index in [9.17, 15) is 13.2 Å². The van der Waals surface area contributed by atoms with Crippen molar-refractivity contribution in [1.29, 1.82) is 0 Å². The molecule has 6 nitrogen and oxygen atoms in total. The Balaban J connectivity index is 2.08. The molecule has 1 aliphatic rings. The van der Waals surface area contributed by atoms with Crippen LogP contribution in [0.3, 0.4) is 0 Å². The lowest BCUT2D eigenvalue weighted by Gasteiger charge is -2.16. The summed E-state index contributed by atoms with van der Waals surface area (Å²) >= 11 is 0. The molecule has 0 aliphatic carbocycles. The van der Waals surface area contributed by atoms with Crippen LogP contribution in [-0.4, -0.2) is 33.5 Å². The molecule has 7 heteroatoms. The van der Waals surface area contributed by atoms with Gasteiger partial charge in [-0.25, -0.2) is 13.1 Å². The third kappa shape index (κ3) is 4.18. The molecule has 1 heterocycles. The van der Waals surface area contributed by atoms with Crippen molar-refractivity contribution in [2.75, 3.05) is 18.4 Å². The molecule has 0 radical (unpaired) electrons. The molecule has 1 aromatic carbocycles. The Morgan fingerprint density at radius 1 is 1.33 bits per heavy atom. The van der Waals surface area contributed by atoms with E-state index < -0.39 is 10.0 Å². The highest BCUT2D eigenvalue weighted by molar-refractivity contribution is 7.89. The van der Waals surface area contributed by atoms with Crippen LogP contribution in [0.4, 0.5) is 5.69 Å². The zero-order valence-electron chi connectivity index (χ0n) is 12.1. The highest BCUT2D eigenvalue weighted by Crippen LogP contribution is 2.21. The maximum absolute atomic E-state index is 12.2. The number of carbonyl (C=O) groups excluding carboxylic acids is 1. The topological polar surface area (TPSA) is 87.3 Å². The molecule has 3 N–H and O–H groups in total. The lowest BCUT2D eigenvalue weighted by molar-refractivity contribution is -0.119. The molecule has 1 atom stereocenters. The Hall–Kier alpha value is -1.60. The van der Waals surface area contributed by atoms with E-state index in [1.807, 2.05) is 6.92 Å². The van der Waals surface area contributed by atoms with Gasteiger partial charge in [-0.05, 0) is 25.0 Å². The average Bonchev–Trinajstić information content (AvgIpc) is 2.89. The lowest BCUT2D eigenvalue weighted by atomic mass is 10.2. The Morgan fingerprint density at radius 2 is 2.10 bits per heavy atom. The van der Waals surface area contributed by atoms with Crippen molar-refractivity contribution in [2.45, 2.75) is 37.1 Å². The first kappa shape index (κ1) is 15.8. The van der Waals surface area contributed by atoms with Crippen LogP contribution in [0.1, 0.15) is 26.2 Å². The van der Waals surface area contributed by atoms with E-state index >= 15 is 0 Å². The molecule has 0 spiro atoms. The van der Waals surface area contributed by atoms with Crippen molar-refractivity contribution in [3.05, 3.63) is 24.3 Å². The molecule has 1 aliphatic heterocycles. The molecular weight excluding hydrogens is 290 g/mol. The van der Waals surface area contributed by atoms with Gasteiger partial charge in [-0.3, -0.25) is 4.79 Å². The minimum Gasteiger partial charge on any atom is -0.382 e. The fourth-order valence-electron chi connectivity index (χ4n) is 2.22. The highest BCUT2D eigenvalue weighted by atomic mass is 32.2. The summed E-state index contributed by atoms with van der Waals surface area (Å²) in [6, 6.07) is 6.85. The number of benzene rings is 1. The Kier molecular flexibility index (Phi) is 5.19. The van der Waals surface area contributed by atoms with Crippen molar-refractivity contribution in [3.63, 3.8) is 0 Å². The van der Waals surface area contributed by atoms with Crippen LogP contribution >= 0.6 is 0 Å². The van der Waals surface area contributed by atoms with Gasteiger partial charge >= 0.3 is 0 Å². The predicted molar refractivity (Wildman–Crippen MR) is 81.6 cm³/mol. The van der Waals surface area contributed by atoms with E-state index in [4.69, 9.17) is 0 Å². The molecule has 2 rings (SSSR count). The second kappa shape index (κ2) is 6.91. The minimum absolute atomic E-state index is 0.0484. The number of para-hydroxylation sites is 1. The number of hydrogen-bond acceptors (Lipinski definition) is 4. The van der Waals surface area contributed by atoms with Gasteiger partial charge in [-0.2, -0.15) is 0 Å². The number of rotatable bonds is 7. The van der Waals surface area contributed by atoms with Crippen molar-refractivity contribution in [2.24, 2.45) is 0 Å². The number of anilines is 1. The monoisotopic (exact) mass is 311 g/mol. The summed E-state index contributed by atoms with van der Waals surface area (Å²) in [5, 5.41) is 5.97. The molecule has 0 aromatic heterocycles. The molecule has 1 unspecified atom stereocenters. The number of nitrogens with one attached hydrogen (secondary N) is 3. The predicted octanol–water partition coefficient (Wildman–Crippen LogP) is 1.07. The summed E-state index contributed by atoms with van der Waals surface area (Å²) in [5.74, 6) is 0.0484. The quantitative estimate of drug-likeness (QED) is 0.703. The minimum atomic E-state index is -3.51. The van der Waals surface area contributed by atoms with E-state index in [1.165, 1.54) is 0 Å². The molecule has 1 fully saturated rings. The zero-order valence-corrected chi connectivity index (χ0v) is 12.9. The summed E-state index contributed by atoms with van der Waals surface area (Å²) in [4.78, 5) is 11.4. The van der Waals surface area contributed by atoms with Gasteiger partial charge in [0.1, 0.15) is 4.90 Å². The van der Waals surface area contributed by atoms with E-state index in [2.05, 4.69) is 15.4 Å². The molecule has 0 bridgehead atoms. The van der Waals surface area contributed by atoms with Gasteiger partial charge in [0.2, 0.25) is 15.9 Å². The SMILES string of the molecule is CCCNS(=O)(=O)c1ccccc1NCC1CCC(=O)N1. The average molecular weight is 311 g/mol. The zero-order chi connectivity index (χ0) is 15.3. The normalized spacial score (nSPS) is 18.5. The van der Waals surface area contributed by atoms with Crippen LogP contribution in [0.15, 0.2) is 29.2 Å². The highest BCUT2D eigenvalue weighted by Gasteiger charge is 2.22. The van der Waals surface area contributed by atoms with Crippen LogP contribution in [0.5, 0.6) is 0 Å². The van der Waals surface area contributed by atoms with Crippen molar-refractivity contribution < 1.29 is 13.2 Å². The van der Waals surface area contributed by atoms with Gasteiger partial charge in [-0.15, -0.1) is 0 Å². The van der Waals surface area contributed by atoms with Gasteiger partial charge in [0, 0.05) is 25.6 Å². The van der Waals surface area contributed by atoms with Crippen LogP contribution in [-0.2, 0) is 14.8 Å². The van der Waals surface area contributed by atoms with Gasteiger partial charge in [-0.1, -0.05) is 19.1 Å². The van der Waals surface area contributed by atoms with Gasteiger partial charge in [0.25, 0.3) is 0 Å². The number of hydrogen-bond donors (Lipinski definition) is 3. The number of amides is 1. The lowest BCUT2D eigenvalue weighted by Crippen LogP contribution is -2.32. The fraction of sp³-hybridized carbons (Fsp3) is 0.500. The smallest absolute Gasteiger partial charge is 0.242 e. The Labute approximate surface area is 125 Å². The largest absolute Gasteiger partial charge is 0.382 e. The Bertz CT molecular complexity index is 601. The van der Waals surface area contributed by atoms with Gasteiger partial charge in [0.15, 0.2) is 0 Å². The maximum Gasteiger partial charge on any atom is 0.242 e. The van der Waals surface area contributed by atoms with Crippen molar-refractivity contribution >= 4 is 21.6 Å². The van der Waals surface area contributed by atoms with E-state index in [0.717, 1.165) is 12.8 Å². The van der Waals surface area contributed by atoms with Crippen LogP contribution < -0.4 is 15.4 Å². The van der Waals surface area contributed by atoms with Crippen LogP contribution in [0.25, 0.3) is 0 Å². The Morgan fingerprint density at radius 3 is 2.76 bits per heavy atom. The number of sulfonamides is 1. The van der Waals surface area contributed by atoms with Crippen molar-refractivity contribution in [3.8, 4) is 0 Å². The molecule has 1 aromatic rings. The summed E-state index contributed by atoms with van der Waals surface area (Å²) in [6.45, 7) is 2.84. The van der Waals surface area contributed by atoms with E-state index in [0.29, 0.717) is 25.2 Å². The standard InChI is InChI=1S/C14H21N3O3S/c1-2-9-16-21(19,20)13-6-4-3-5-12(13)15-10-11-7-8-14(18)17-11/h3-6,11,15-16H,2,7-10H2,1H3,(H,17,18). The first-order valence-corrected chi connectivity index (χ1v) is 8.63. The van der Waals surface area contributed by atoms with Crippen LogP contribution in [0.2, 0.25) is 0 Å². The molecule has 1 saturated heterocycles. The number of carbonyl (C=O) groups is 1. The van der Waals surface area contributed by atoms with E-state index in [1.54, 1.807) is 24.3 Å². The second-order valence-corrected chi connectivity index (χ2v) is 6.81. The second-order valence-electron chi connectivity index (χ2n) is 5.08. The summed E-state index contributed by atoms with van der Waals surface area (Å²) < 4.78 is 27.0. The molecule has 0 saturated carbocycles. The summed E-state index contributed by atoms with van der Waals surface area (Å²) in [7, 11) is -3.51. The molecule has 1 amide bonds. The van der Waals surface area contributed by atoms with Gasteiger partial charge < -0.3 is 10.6 Å². The summed E-state index contributed by atoms with van der Waals surface area (Å²) in [6.07, 6.45) is 2.04. The first-order valence-electron chi connectivity index (χ1n) is 7.15. The fourth-order valence-corrected chi connectivity index (χ4v) is 3.54. The first-order chi connectivity index (χ1) is 10.0. The molecule has 116 valence electrons. The third-order valence-corrected chi connectivity index (χ3v) is 4.86. The molecule has 21 heavy (non-hydrogen) atoms. The van der Waals surface area contributed by atoms with Crippen LogP contribution in [0, 0.1) is 0 Å². The van der Waals surface area contributed by atoms with Crippen molar-refractivity contribution in [1.82, 2.24) is 10.0 Å². The maximum atomic E-state index is 12.2. The van der Waals surface area contributed by atoms with Gasteiger partial charge in [0.05, 0.1) is 5.69 Å². The van der Waals surface area contributed by atoms with E-state index in [-0.39, 0.29) is 16.8 Å². The third-order valence-electron chi connectivity index (χ3n) is 3.34.